The van der Waals surface area contributed by atoms with Crippen molar-refractivity contribution < 1.29 is 5.11 Å². The molecule has 1 saturated carbocycles. The fourth-order valence-electron chi connectivity index (χ4n) is 2.28. The van der Waals surface area contributed by atoms with Crippen molar-refractivity contribution in [2.24, 2.45) is 11.3 Å². The maximum Gasteiger partial charge on any atom is 0.115 e. The van der Waals surface area contributed by atoms with E-state index in [2.05, 4.69) is 30.7 Å². The lowest BCUT2D eigenvalue weighted by Crippen LogP contribution is -2.40. The van der Waals surface area contributed by atoms with Crippen LogP contribution in [0, 0.1) is 11.3 Å². The van der Waals surface area contributed by atoms with Crippen LogP contribution in [0.5, 0.6) is 0 Å². The molecule has 0 radical (unpaired) electrons. The fraction of sp³-hybridized carbons (Fsp3) is 0.714. The summed E-state index contributed by atoms with van der Waals surface area (Å²) in [5.41, 5.74) is -0.183. The topological polar surface area (TPSA) is 46.0 Å². The van der Waals surface area contributed by atoms with Crippen molar-refractivity contribution in [3.8, 4) is 0 Å². The molecule has 0 amide bonds. The third-order valence-electron chi connectivity index (χ3n) is 3.89. The van der Waals surface area contributed by atoms with Crippen molar-refractivity contribution >= 4 is 0 Å². The van der Waals surface area contributed by atoms with Crippen molar-refractivity contribution in [1.29, 1.82) is 0 Å². The van der Waals surface area contributed by atoms with Gasteiger partial charge in [0.2, 0.25) is 0 Å². The summed E-state index contributed by atoms with van der Waals surface area (Å²) in [6.07, 6.45) is 9.54. The van der Waals surface area contributed by atoms with E-state index in [0.29, 0.717) is 0 Å². The summed E-state index contributed by atoms with van der Waals surface area (Å²) in [7, 11) is 0. The molecule has 1 unspecified atom stereocenters. The molecule has 1 N–H and O–H groups in total. The third kappa shape index (κ3) is 2.65. The highest BCUT2D eigenvalue weighted by molar-refractivity contribution is 5.18. The van der Waals surface area contributed by atoms with Gasteiger partial charge >= 0.3 is 0 Å². The minimum absolute atomic E-state index is 0.202. The number of hydrogen-bond donors (Lipinski definition) is 1. The molecule has 1 fully saturated rings. The van der Waals surface area contributed by atoms with E-state index in [1.54, 1.807) is 12.4 Å². The molecule has 0 saturated heterocycles. The molecule has 1 aromatic heterocycles. The normalized spacial score (nSPS) is 20.0. The zero-order valence-corrected chi connectivity index (χ0v) is 11.0. The van der Waals surface area contributed by atoms with Gasteiger partial charge in [0, 0.05) is 18.0 Å². The first-order chi connectivity index (χ1) is 7.93. The monoisotopic (exact) mass is 234 g/mol. The van der Waals surface area contributed by atoms with Gasteiger partial charge in [-0.1, -0.05) is 33.6 Å². The molecule has 1 heterocycles. The van der Waals surface area contributed by atoms with E-state index in [4.69, 9.17) is 0 Å². The minimum Gasteiger partial charge on any atom is -0.385 e. The average Bonchev–Trinajstić information content (AvgIpc) is 3.09. The Labute approximate surface area is 103 Å². The van der Waals surface area contributed by atoms with Gasteiger partial charge in [-0.05, 0) is 24.2 Å². The van der Waals surface area contributed by atoms with E-state index in [1.165, 1.54) is 19.2 Å². The minimum atomic E-state index is -0.823. The molecule has 1 aliphatic carbocycles. The highest BCUT2D eigenvalue weighted by Gasteiger charge is 2.42. The molecule has 1 atom stereocenters. The molecular weight excluding hydrogens is 212 g/mol. The lowest BCUT2D eigenvalue weighted by molar-refractivity contribution is -0.0741. The summed E-state index contributed by atoms with van der Waals surface area (Å²) in [5.74, 6) is 0.827. The molecule has 3 nitrogen and oxygen atoms in total. The Balaban J connectivity index is 2.22. The van der Waals surface area contributed by atoms with Gasteiger partial charge in [0.1, 0.15) is 6.33 Å². The second kappa shape index (κ2) is 4.37. The lowest BCUT2D eigenvalue weighted by atomic mass is 9.70. The van der Waals surface area contributed by atoms with E-state index >= 15 is 0 Å². The number of hydrogen-bond acceptors (Lipinski definition) is 3. The van der Waals surface area contributed by atoms with Crippen LogP contribution in [0.3, 0.4) is 0 Å². The number of aromatic nitrogens is 2. The van der Waals surface area contributed by atoms with Gasteiger partial charge in [-0.3, -0.25) is 0 Å². The van der Waals surface area contributed by atoms with Crippen molar-refractivity contribution in [2.45, 2.75) is 52.1 Å². The summed E-state index contributed by atoms with van der Waals surface area (Å²) in [6.45, 7) is 6.23. The molecule has 2 rings (SSSR count). The number of aliphatic hydroxyl groups is 1. The predicted octanol–water partition coefficient (Wildman–Crippen LogP) is 2.90. The van der Waals surface area contributed by atoms with Crippen LogP contribution in [0.1, 0.15) is 52.0 Å². The van der Waals surface area contributed by atoms with Gasteiger partial charge in [0.15, 0.2) is 0 Å². The first kappa shape index (κ1) is 12.5. The Morgan fingerprint density at radius 3 is 2.29 bits per heavy atom. The van der Waals surface area contributed by atoms with E-state index in [9.17, 15) is 5.11 Å². The molecule has 0 aliphatic heterocycles. The molecule has 17 heavy (non-hydrogen) atoms. The summed E-state index contributed by atoms with van der Waals surface area (Å²) >= 11 is 0. The summed E-state index contributed by atoms with van der Waals surface area (Å²) in [6, 6.07) is 0. The van der Waals surface area contributed by atoms with Gasteiger partial charge < -0.3 is 5.11 Å². The highest BCUT2D eigenvalue weighted by atomic mass is 16.3. The van der Waals surface area contributed by atoms with Gasteiger partial charge in [-0.25, -0.2) is 9.97 Å². The van der Waals surface area contributed by atoms with Crippen LogP contribution in [0.2, 0.25) is 0 Å². The summed E-state index contributed by atoms with van der Waals surface area (Å²) < 4.78 is 0. The molecule has 94 valence electrons. The molecule has 3 heteroatoms. The summed E-state index contributed by atoms with van der Waals surface area (Å²) in [4.78, 5) is 8.07. The first-order valence-corrected chi connectivity index (χ1v) is 6.41. The SMILES string of the molecule is CC(C)(C)C(O)(CCC1CC1)c1cncnc1. The lowest BCUT2D eigenvalue weighted by Gasteiger charge is -2.40. The van der Waals surface area contributed by atoms with Crippen LogP contribution in [-0.2, 0) is 5.60 Å². The fourth-order valence-corrected chi connectivity index (χ4v) is 2.28. The second-order valence-electron chi connectivity index (χ2n) is 6.22. The van der Waals surface area contributed by atoms with E-state index in [1.807, 2.05) is 0 Å². The van der Waals surface area contributed by atoms with Gasteiger partial charge in [-0.2, -0.15) is 0 Å². The first-order valence-electron chi connectivity index (χ1n) is 6.41. The summed E-state index contributed by atoms with van der Waals surface area (Å²) in [5, 5.41) is 11.0. The van der Waals surface area contributed by atoms with Gasteiger partial charge in [0.05, 0.1) is 5.60 Å². The average molecular weight is 234 g/mol. The number of rotatable bonds is 4. The van der Waals surface area contributed by atoms with E-state index in [-0.39, 0.29) is 5.41 Å². The predicted molar refractivity (Wildman–Crippen MR) is 67.3 cm³/mol. The van der Waals surface area contributed by atoms with Crippen LogP contribution in [0.25, 0.3) is 0 Å². The largest absolute Gasteiger partial charge is 0.385 e. The van der Waals surface area contributed by atoms with Crippen LogP contribution in [0.15, 0.2) is 18.7 Å². The van der Waals surface area contributed by atoms with Crippen LogP contribution in [0.4, 0.5) is 0 Å². The van der Waals surface area contributed by atoms with Gasteiger partial charge in [0.25, 0.3) is 0 Å². The van der Waals surface area contributed by atoms with E-state index in [0.717, 1.165) is 24.3 Å². The van der Waals surface area contributed by atoms with Gasteiger partial charge in [-0.15, -0.1) is 0 Å². The molecule has 0 aromatic carbocycles. The Morgan fingerprint density at radius 2 is 1.82 bits per heavy atom. The maximum absolute atomic E-state index is 11.0. The molecule has 1 aromatic rings. The molecule has 0 bridgehead atoms. The Morgan fingerprint density at radius 1 is 1.24 bits per heavy atom. The van der Waals surface area contributed by atoms with E-state index < -0.39 is 5.60 Å². The standard InChI is InChI=1S/C14H22N2O/c1-13(2,3)14(17,7-6-11-4-5-11)12-8-15-10-16-9-12/h8-11,17H,4-7H2,1-3H3. The zero-order valence-electron chi connectivity index (χ0n) is 11.0. The van der Waals surface area contributed by atoms with Crippen molar-refractivity contribution in [2.75, 3.05) is 0 Å². The maximum atomic E-state index is 11.0. The second-order valence-corrected chi connectivity index (χ2v) is 6.22. The van der Waals surface area contributed by atoms with Crippen molar-refractivity contribution in [3.63, 3.8) is 0 Å². The third-order valence-corrected chi connectivity index (χ3v) is 3.89. The smallest absolute Gasteiger partial charge is 0.115 e. The zero-order chi connectivity index (χ0) is 12.5. The Hall–Kier alpha value is -0.960. The van der Waals surface area contributed by atoms with Crippen LogP contribution >= 0.6 is 0 Å². The number of nitrogens with zero attached hydrogens (tertiary/aromatic N) is 2. The van der Waals surface area contributed by atoms with Crippen molar-refractivity contribution in [3.05, 3.63) is 24.3 Å². The molecule has 1 aliphatic rings. The quantitative estimate of drug-likeness (QED) is 0.871. The van der Waals surface area contributed by atoms with Crippen molar-refractivity contribution in [1.82, 2.24) is 9.97 Å². The Kier molecular flexibility index (Phi) is 3.21. The molecular formula is C14H22N2O. The Bertz CT molecular complexity index is 368. The highest BCUT2D eigenvalue weighted by Crippen LogP contribution is 2.45. The van der Waals surface area contributed by atoms with Crippen LogP contribution < -0.4 is 0 Å². The molecule has 0 spiro atoms. The van der Waals surface area contributed by atoms with Crippen LogP contribution in [-0.4, -0.2) is 15.1 Å².